The molecule has 1 aromatic heterocycles. The number of fused-ring (bicyclic) bond motifs is 1. The van der Waals surface area contributed by atoms with Crippen LogP contribution >= 0.6 is 11.6 Å². The first-order valence-corrected chi connectivity index (χ1v) is 13.0. The first-order valence-electron chi connectivity index (χ1n) is 12.6. The Labute approximate surface area is 221 Å². The summed E-state index contributed by atoms with van der Waals surface area (Å²) in [5.41, 5.74) is 0.874. The molecule has 1 aromatic carbocycles. The van der Waals surface area contributed by atoms with Crippen molar-refractivity contribution < 1.29 is 31.9 Å². The minimum Gasteiger partial charge on any atom is -0.487 e. The van der Waals surface area contributed by atoms with E-state index in [1.54, 1.807) is 21.9 Å². The molecule has 2 fully saturated rings. The number of alkyl halides is 4. The number of benzene rings is 1. The summed E-state index contributed by atoms with van der Waals surface area (Å²) < 4.78 is 62.0. The van der Waals surface area contributed by atoms with Gasteiger partial charge in [0.15, 0.2) is 0 Å². The molecule has 13 heteroatoms. The van der Waals surface area contributed by atoms with E-state index >= 15 is 0 Å². The number of aromatic nitrogens is 3. The van der Waals surface area contributed by atoms with E-state index in [1.165, 1.54) is 7.05 Å². The molecule has 0 bridgehead atoms. The third kappa shape index (κ3) is 5.06. The highest BCUT2D eigenvalue weighted by atomic mass is 35.5. The van der Waals surface area contributed by atoms with Gasteiger partial charge in [-0.25, -0.2) is 22.2 Å². The molecule has 5 rings (SSSR count). The van der Waals surface area contributed by atoms with Crippen LogP contribution in [0.25, 0.3) is 0 Å². The molecule has 3 heterocycles. The van der Waals surface area contributed by atoms with Crippen molar-refractivity contribution in [3.05, 3.63) is 39.7 Å². The lowest BCUT2D eigenvalue weighted by atomic mass is 9.89. The van der Waals surface area contributed by atoms with E-state index in [0.717, 1.165) is 10.2 Å². The van der Waals surface area contributed by atoms with Crippen molar-refractivity contribution >= 4 is 23.4 Å². The number of hydrogen-bond donors (Lipinski definition) is 0. The smallest absolute Gasteiger partial charge is 0.282 e. The molecule has 2 amide bonds. The van der Waals surface area contributed by atoms with Crippen molar-refractivity contribution in [2.45, 2.75) is 63.5 Å². The zero-order valence-corrected chi connectivity index (χ0v) is 21.6. The molecule has 2 aliphatic heterocycles. The highest BCUT2D eigenvalue weighted by Gasteiger charge is 2.46. The number of likely N-dealkylation sites (tertiary alicyclic amines) is 1. The summed E-state index contributed by atoms with van der Waals surface area (Å²) in [5.74, 6) is -3.83. The second-order valence-electron chi connectivity index (χ2n) is 10.1. The molecule has 1 saturated heterocycles. The van der Waals surface area contributed by atoms with Crippen LogP contribution in [0.15, 0.2) is 12.1 Å². The average molecular weight is 558 g/mol. The summed E-state index contributed by atoms with van der Waals surface area (Å²) in [5, 5.41) is 7.90. The number of nitrogens with zero attached hydrogens (tertiary/aromatic N) is 5. The lowest BCUT2D eigenvalue weighted by Crippen LogP contribution is -2.47. The van der Waals surface area contributed by atoms with Crippen LogP contribution in [-0.2, 0) is 29.7 Å². The van der Waals surface area contributed by atoms with Crippen LogP contribution in [0.1, 0.15) is 67.1 Å². The largest absolute Gasteiger partial charge is 0.487 e. The Morgan fingerprint density at radius 1 is 1.26 bits per heavy atom. The fraction of sp³-hybridized carbons (Fsp3) is 0.600. The quantitative estimate of drug-likeness (QED) is 0.469. The number of carbonyl (C=O) groups is 2. The summed E-state index contributed by atoms with van der Waals surface area (Å²) in [4.78, 5) is 29.3. The number of amides is 2. The molecule has 2 aromatic rings. The van der Waals surface area contributed by atoms with E-state index in [0.29, 0.717) is 42.1 Å². The molecule has 38 heavy (non-hydrogen) atoms. The van der Waals surface area contributed by atoms with Crippen LogP contribution in [0.5, 0.6) is 5.75 Å². The van der Waals surface area contributed by atoms with E-state index in [-0.39, 0.29) is 55.7 Å². The van der Waals surface area contributed by atoms with Crippen LogP contribution in [0.2, 0.25) is 5.02 Å². The predicted octanol–water partition coefficient (Wildman–Crippen LogP) is 4.47. The van der Waals surface area contributed by atoms with Gasteiger partial charge in [0.1, 0.15) is 23.7 Å². The van der Waals surface area contributed by atoms with Crippen LogP contribution in [0, 0.1) is 5.92 Å². The molecule has 1 saturated carbocycles. The van der Waals surface area contributed by atoms with Gasteiger partial charge in [-0.15, -0.1) is 5.10 Å². The maximum absolute atomic E-state index is 14.0. The molecule has 1 unspecified atom stereocenters. The van der Waals surface area contributed by atoms with E-state index in [4.69, 9.17) is 16.3 Å². The first-order chi connectivity index (χ1) is 18.1. The highest BCUT2D eigenvalue weighted by molar-refractivity contribution is 6.31. The van der Waals surface area contributed by atoms with Gasteiger partial charge in [-0.2, -0.15) is 0 Å². The molecule has 1 aliphatic carbocycles. The molecule has 206 valence electrons. The Bertz CT molecular complexity index is 1240. The Balaban J connectivity index is 1.50. The Morgan fingerprint density at radius 3 is 2.71 bits per heavy atom. The first kappa shape index (κ1) is 26.7. The zero-order valence-electron chi connectivity index (χ0n) is 20.8. The second kappa shape index (κ2) is 10.3. The zero-order chi connectivity index (χ0) is 27.2. The van der Waals surface area contributed by atoms with E-state index in [2.05, 4.69) is 10.3 Å². The molecular weight excluding hydrogens is 530 g/mol. The van der Waals surface area contributed by atoms with Crippen LogP contribution < -0.4 is 4.74 Å². The second-order valence-corrected chi connectivity index (χ2v) is 10.5. The lowest BCUT2D eigenvalue weighted by Gasteiger charge is -2.41. The van der Waals surface area contributed by atoms with Gasteiger partial charge in [0, 0.05) is 62.4 Å². The molecule has 0 N–H and O–H groups in total. The van der Waals surface area contributed by atoms with Crippen molar-refractivity contribution in [2.24, 2.45) is 13.0 Å². The number of rotatable bonds is 7. The number of carbonyl (C=O) groups excluding carboxylic acids is 2. The minimum absolute atomic E-state index is 0.0330. The van der Waals surface area contributed by atoms with Crippen LogP contribution in [0.3, 0.4) is 0 Å². The van der Waals surface area contributed by atoms with Gasteiger partial charge in [0.2, 0.25) is 17.7 Å². The maximum atomic E-state index is 14.0. The van der Waals surface area contributed by atoms with Gasteiger partial charge in [-0.3, -0.25) is 9.59 Å². The van der Waals surface area contributed by atoms with Crippen LogP contribution in [0.4, 0.5) is 17.6 Å². The molecule has 3 aliphatic rings. The molecule has 0 radical (unpaired) electrons. The van der Waals surface area contributed by atoms with E-state index < -0.39 is 30.7 Å². The van der Waals surface area contributed by atoms with Gasteiger partial charge >= 0.3 is 0 Å². The summed E-state index contributed by atoms with van der Waals surface area (Å²) in [7, 11) is 1.36. The SMILES string of the molecule is Cn1nnc(COc2ccc(Cl)c3c2[C@@H](CN2CCCC2=O)N(C(=O)C2CCC(F)(F)C2)CC3)c1C(F)F. The summed E-state index contributed by atoms with van der Waals surface area (Å²) in [6, 6.07) is 2.54. The van der Waals surface area contributed by atoms with Crippen LogP contribution in [-0.4, -0.2) is 62.2 Å². The summed E-state index contributed by atoms with van der Waals surface area (Å²) in [6.45, 7) is 0.621. The highest BCUT2D eigenvalue weighted by Crippen LogP contribution is 2.45. The monoisotopic (exact) mass is 557 g/mol. The standard InChI is InChI=1S/C25H28ClF4N5O3/c1-33-22(23(27)28)17(31-32-33)13-38-19-5-4-16(26)15-7-10-35(24(37)14-6-8-25(29,30)11-14)18(21(15)19)12-34-9-2-3-20(34)36/h4-5,14,18,23H,2-3,6-13H2,1H3/t14?,18-/m1/s1. The third-order valence-corrected chi connectivity index (χ3v) is 8.04. The fourth-order valence-corrected chi connectivity index (χ4v) is 6.04. The molecule has 2 atom stereocenters. The van der Waals surface area contributed by atoms with Crippen molar-refractivity contribution in [2.75, 3.05) is 19.6 Å². The Kier molecular flexibility index (Phi) is 7.27. The van der Waals surface area contributed by atoms with Crippen molar-refractivity contribution in [1.82, 2.24) is 24.8 Å². The number of aryl methyl sites for hydroxylation is 1. The van der Waals surface area contributed by atoms with E-state index in [1.807, 2.05) is 0 Å². The minimum atomic E-state index is -2.88. The number of halogens is 5. The van der Waals surface area contributed by atoms with Gasteiger partial charge in [0.05, 0.1) is 6.04 Å². The molecule has 8 nitrogen and oxygen atoms in total. The Morgan fingerprint density at radius 2 is 2.05 bits per heavy atom. The molecular formula is C25H28ClF4N5O3. The third-order valence-electron chi connectivity index (χ3n) is 7.69. The fourth-order valence-electron chi connectivity index (χ4n) is 5.78. The van der Waals surface area contributed by atoms with Crippen molar-refractivity contribution in [1.29, 1.82) is 0 Å². The number of ether oxygens (including phenoxy) is 1. The van der Waals surface area contributed by atoms with Gasteiger partial charge in [-0.05, 0) is 37.0 Å². The van der Waals surface area contributed by atoms with Gasteiger partial charge < -0.3 is 14.5 Å². The summed E-state index contributed by atoms with van der Waals surface area (Å²) in [6.07, 6.45) is -2.13. The van der Waals surface area contributed by atoms with Gasteiger partial charge in [-0.1, -0.05) is 16.8 Å². The topological polar surface area (TPSA) is 80.6 Å². The van der Waals surface area contributed by atoms with Crippen molar-refractivity contribution in [3.63, 3.8) is 0 Å². The van der Waals surface area contributed by atoms with E-state index in [9.17, 15) is 27.2 Å². The summed E-state index contributed by atoms with van der Waals surface area (Å²) >= 11 is 6.54. The van der Waals surface area contributed by atoms with Crippen molar-refractivity contribution in [3.8, 4) is 5.75 Å². The Hall–Kier alpha value is -2.89. The van der Waals surface area contributed by atoms with Gasteiger partial charge in [0.25, 0.3) is 6.43 Å². The number of hydrogen-bond acceptors (Lipinski definition) is 5. The lowest BCUT2D eigenvalue weighted by molar-refractivity contribution is -0.141. The predicted molar refractivity (Wildman–Crippen MR) is 128 cm³/mol. The maximum Gasteiger partial charge on any atom is 0.282 e. The normalized spacial score (nSPS) is 22.9. The molecule has 0 spiro atoms. The average Bonchev–Trinajstić information content (AvgIpc) is 3.56.